The fraction of sp³-hybridized carbons (Fsp3) is 0.696. The molecule has 2 aliphatic heterocycles. The highest BCUT2D eigenvalue weighted by Gasteiger charge is 2.55. The van der Waals surface area contributed by atoms with Crippen molar-refractivity contribution < 1.29 is 29.0 Å². The number of anilines is 1. The molecular weight excluding hydrogens is 418 g/mol. The van der Waals surface area contributed by atoms with Gasteiger partial charge in [0.2, 0.25) is 5.91 Å². The summed E-state index contributed by atoms with van der Waals surface area (Å²) in [6.07, 6.45) is 4.27. The average Bonchev–Trinajstić information content (AvgIpc) is 3.44. The molecule has 1 aromatic rings. The Hall–Kier alpha value is -1.93. The normalized spacial score (nSPS) is 29.5. The molecule has 1 aromatic heterocycles. The lowest BCUT2D eigenvalue weighted by Crippen LogP contribution is -2.41. The van der Waals surface area contributed by atoms with E-state index in [1.54, 1.807) is 0 Å². The molecule has 170 valence electrons. The van der Waals surface area contributed by atoms with Crippen molar-refractivity contribution in [1.82, 2.24) is 0 Å². The van der Waals surface area contributed by atoms with E-state index in [0.29, 0.717) is 29.3 Å². The summed E-state index contributed by atoms with van der Waals surface area (Å²) >= 11 is 1.43. The summed E-state index contributed by atoms with van der Waals surface area (Å²) in [7, 11) is 1.34. The second-order valence-corrected chi connectivity index (χ2v) is 10.8. The molecule has 0 spiro atoms. The van der Waals surface area contributed by atoms with E-state index < -0.39 is 29.9 Å². The first-order valence-electron chi connectivity index (χ1n) is 11.1. The number of nitrogens with one attached hydrogen (secondary N) is 1. The lowest BCUT2D eigenvalue weighted by atomic mass is 9.69. The van der Waals surface area contributed by atoms with Crippen LogP contribution in [0.5, 0.6) is 0 Å². The average molecular weight is 450 g/mol. The molecule has 2 fully saturated rings. The van der Waals surface area contributed by atoms with Crippen molar-refractivity contribution in [3.8, 4) is 0 Å². The molecule has 0 aromatic carbocycles. The Balaban J connectivity index is 1.62. The van der Waals surface area contributed by atoms with E-state index in [2.05, 4.69) is 26.1 Å². The van der Waals surface area contributed by atoms with Gasteiger partial charge in [-0.25, -0.2) is 4.79 Å². The van der Waals surface area contributed by atoms with Gasteiger partial charge in [0, 0.05) is 4.88 Å². The maximum atomic E-state index is 13.2. The molecule has 0 saturated carbocycles. The van der Waals surface area contributed by atoms with Gasteiger partial charge in [0.05, 0.1) is 36.7 Å². The number of esters is 1. The molecule has 8 heteroatoms. The third-order valence-electron chi connectivity index (χ3n) is 7.77. The number of carbonyl (C=O) groups is 3. The number of amides is 1. The predicted molar refractivity (Wildman–Crippen MR) is 116 cm³/mol. The molecule has 4 rings (SSSR count). The van der Waals surface area contributed by atoms with E-state index in [1.165, 1.54) is 18.4 Å². The molecule has 2 N–H and O–H groups in total. The maximum absolute atomic E-state index is 13.2. The van der Waals surface area contributed by atoms with E-state index in [0.717, 1.165) is 36.1 Å². The van der Waals surface area contributed by atoms with Gasteiger partial charge in [0.25, 0.3) is 0 Å². The zero-order chi connectivity index (χ0) is 22.5. The van der Waals surface area contributed by atoms with Crippen molar-refractivity contribution in [3.05, 3.63) is 16.0 Å². The zero-order valence-electron chi connectivity index (χ0n) is 18.5. The first-order chi connectivity index (χ1) is 14.7. The molecule has 2 saturated heterocycles. The molecule has 2 bridgehead atoms. The monoisotopic (exact) mass is 449 g/mol. The lowest BCUT2D eigenvalue weighted by molar-refractivity contribution is -0.147. The van der Waals surface area contributed by atoms with Crippen LogP contribution in [0.2, 0.25) is 0 Å². The number of carboxylic acids is 1. The summed E-state index contributed by atoms with van der Waals surface area (Å²) in [6.45, 7) is 6.76. The first-order valence-corrected chi connectivity index (χ1v) is 11.9. The summed E-state index contributed by atoms with van der Waals surface area (Å²) < 4.78 is 10.8. The number of hydrogen-bond acceptors (Lipinski definition) is 6. The van der Waals surface area contributed by atoms with Crippen LogP contribution in [0.1, 0.15) is 67.3 Å². The van der Waals surface area contributed by atoms with E-state index in [9.17, 15) is 19.5 Å². The minimum Gasteiger partial charge on any atom is -0.481 e. The fourth-order valence-electron chi connectivity index (χ4n) is 5.47. The van der Waals surface area contributed by atoms with Gasteiger partial charge in [-0.15, -0.1) is 11.3 Å². The van der Waals surface area contributed by atoms with Gasteiger partial charge in [-0.05, 0) is 49.0 Å². The van der Waals surface area contributed by atoms with Gasteiger partial charge < -0.3 is 19.9 Å². The Kier molecular flexibility index (Phi) is 5.89. The largest absolute Gasteiger partial charge is 0.481 e. The Labute approximate surface area is 186 Å². The number of hydrogen-bond donors (Lipinski definition) is 2. The van der Waals surface area contributed by atoms with Gasteiger partial charge in [0.1, 0.15) is 5.00 Å². The van der Waals surface area contributed by atoms with Crippen molar-refractivity contribution >= 4 is 34.2 Å². The van der Waals surface area contributed by atoms with Crippen LogP contribution in [0.4, 0.5) is 5.00 Å². The van der Waals surface area contributed by atoms with Gasteiger partial charge >= 0.3 is 11.9 Å². The number of rotatable bonds is 6. The van der Waals surface area contributed by atoms with Crippen molar-refractivity contribution in [3.63, 3.8) is 0 Å². The van der Waals surface area contributed by atoms with Crippen LogP contribution < -0.4 is 5.32 Å². The third-order valence-corrected chi connectivity index (χ3v) is 8.94. The van der Waals surface area contributed by atoms with Crippen LogP contribution in [0.3, 0.4) is 0 Å². The van der Waals surface area contributed by atoms with E-state index >= 15 is 0 Å². The number of aliphatic carboxylic acids is 1. The SMILES string of the molecule is CCC(C)(C)[C@H]1CCc2c(sc(NC(=O)[C@H]3[C@@H](C(=O)O)[C@@H]4CC[C@@H]3O4)c2C(=O)OC)C1. The molecule has 3 aliphatic rings. The fourth-order valence-corrected chi connectivity index (χ4v) is 6.79. The summed E-state index contributed by atoms with van der Waals surface area (Å²) in [5.74, 6) is -2.92. The second-order valence-electron chi connectivity index (χ2n) is 9.65. The maximum Gasteiger partial charge on any atom is 0.341 e. The van der Waals surface area contributed by atoms with Gasteiger partial charge in [0.15, 0.2) is 0 Å². The van der Waals surface area contributed by atoms with Crippen molar-refractivity contribution in [2.45, 2.75) is 71.5 Å². The molecule has 31 heavy (non-hydrogen) atoms. The van der Waals surface area contributed by atoms with Crippen molar-refractivity contribution in [2.75, 3.05) is 12.4 Å². The van der Waals surface area contributed by atoms with Crippen LogP contribution >= 0.6 is 11.3 Å². The molecule has 0 radical (unpaired) electrons. The quantitative estimate of drug-likeness (QED) is 0.639. The van der Waals surface area contributed by atoms with Crippen LogP contribution in [0, 0.1) is 23.2 Å². The number of fused-ring (bicyclic) bond motifs is 3. The van der Waals surface area contributed by atoms with Gasteiger partial charge in [-0.1, -0.05) is 27.2 Å². The first kappa shape index (κ1) is 22.3. The summed E-state index contributed by atoms with van der Waals surface area (Å²) in [5, 5.41) is 13.0. The van der Waals surface area contributed by atoms with E-state index in [4.69, 9.17) is 9.47 Å². The minimum atomic E-state index is -1.00. The van der Waals surface area contributed by atoms with Crippen LogP contribution in [0.25, 0.3) is 0 Å². The Morgan fingerprint density at radius 3 is 2.48 bits per heavy atom. The molecule has 7 nitrogen and oxygen atoms in total. The minimum absolute atomic E-state index is 0.200. The Bertz CT molecular complexity index is 906. The second kappa shape index (κ2) is 8.20. The van der Waals surface area contributed by atoms with E-state index in [-0.39, 0.29) is 17.4 Å². The van der Waals surface area contributed by atoms with Crippen LogP contribution in [-0.2, 0) is 31.9 Å². The topological polar surface area (TPSA) is 102 Å². The number of methoxy groups -OCH3 is 1. The smallest absolute Gasteiger partial charge is 0.341 e. The van der Waals surface area contributed by atoms with Crippen LogP contribution in [0.15, 0.2) is 0 Å². The highest BCUT2D eigenvalue weighted by atomic mass is 32.1. The third kappa shape index (κ3) is 3.78. The number of ether oxygens (including phenoxy) is 2. The Morgan fingerprint density at radius 2 is 1.87 bits per heavy atom. The van der Waals surface area contributed by atoms with Crippen molar-refractivity contribution in [1.29, 1.82) is 0 Å². The number of carbonyl (C=O) groups excluding carboxylic acids is 2. The summed E-state index contributed by atoms with van der Waals surface area (Å²) in [6, 6.07) is 0. The highest BCUT2D eigenvalue weighted by molar-refractivity contribution is 7.17. The number of carboxylic acid groups (broad SMARTS) is 1. The van der Waals surface area contributed by atoms with Crippen LogP contribution in [-0.4, -0.2) is 42.3 Å². The molecule has 5 atom stereocenters. The standard InChI is InChI=1S/C23H31NO6S/c1-5-23(2,3)11-6-7-12-15(10-11)31-20(16(12)22(28)29-4)24-19(25)17-13-8-9-14(30-13)18(17)21(26)27/h11,13-14,17-18H,5-10H2,1-4H3,(H,24,25)(H,26,27)/t11-,13-,14-,17+,18-/m0/s1. The molecule has 1 aliphatic carbocycles. The summed E-state index contributed by atoms with van der Waals surface area (Å²) in [5.41, 5.74) is 1.60. The summed E-state index contributed by atoms with van der Waals surface area (Å²) in [4.78, 5) is 38.7. The van der Waals surface area contributed by atoms with Gasteiger partial charge in [-0.2, -0.15) is 0 Å². The zero-order valence-corrected chi connectivity index (χ0v) is 19.3. The van der Waals surface area contributed by atoms with Crippen molar-refractivity contribution in [2.24, 2.45) is 23.2 Å². The molecular formula is C23H31NO6S. The lowest BCUT2D eigenvalue weighted by Gasteiger charge is -2.36. The van der Waals surface area contributed by atoms with E-state index in [1.807, 2.05) is 0 Å². The van der Waals surface area contributed by atoms with Gasteiger partial charge in [-0.3, -0.25) is 9.59 Å². The molecule has 1 amide bonds. The Morgan fingerprint density at radius 1 is 1.19 bits per heavy atom. The molecule has 3 heterocycles. The highest BCUT2D eigenvalue weighted by Crippen LogP contribution is 2.47. The number of thiophene rings is 1. The molecule has 0 unspecified atom stereocenters. The predicted octanol–water partition coefficient (Wildman–Crippen LogP) is 3.89.